The van der Waals surface area contributed by atoms with Crippen molar-refractivity contribution in [2.75, 3.05) is 6.54 Å². The highest BCUT2D eigenvalue weighted by molar-refractivity contribution is 7.10. The summed E-state index contributed by atoms with van der Waals surface area (Å²) >= 11 is 1.65. The van der Waals surface area contributed by atoms with Crippen LogP contribution in [0.4, 0.5) is 0 Å². The Hall–Kier alpha value is -1.16. The van der Waals surface area contributed by atoms with E-state index in [1.54, 1.807) is 11.3 Å². The van der Waals surface area contributed by atoms with Crippen molar-refractivity contribution >= 4 is 11.3 Å². The lowest BCUT2D eigenvalue weighted by molar-refractivity contribution is 0.146. The fourth-order valence-electron chi connectivity index (χ4n) is 2.56. The molecule has 2 aromatic rings. The Labute approximate surface area is 125 Å². The van der Waals surface area contributed by atoms with E-state index in [2.05, 4.69) is 26.8 Å². The lowest BCUT2D eigenvalue weighted by Crippen LogP contribution is -2.23. The summed E-state index contributed by atoms with van der Waals surface area (Å²) in [5.74, 6) is -0.0431. The summed E-state index contributed by atoms with van der Waals surface area (Å²) in [6, 6.07) is 12.2. The fourth-order valence-corrected chi connectivity index (χ4v) is 3.43. The molecule has 108 valence electrons. The van der Waals surface area contributed by atoms with Crippen LogP contribution < -0.4 is 5.73 Å². The molecule has 2 atom stereocenters. The molecule has 1 aromatic carbocycles. The molecule has 3 N–H and O–H groups in total. The SMILES string of the molecule is CC(C)(C)c1ccccc1C(O)C(CN)c1cccs1. The molecule has 0 saturated carbocycles. The van der Waals surface area contributed by atoms with Gasteiger partial charge >= 0.3 is 0 Å². The third kappa shape index (κ3) is 3.11. The van der Waals surface area contributed by atoms with Gasteiger partial charge in [0.2, 0.25) is 0 Å². The van der Waals surface area contributed by atoms with Gasteiger partial charge in [-0.15, -0.1) is 11.3 Å². The van der Waals surface area contributed by atoms with Gasteiger partial charge in [-0.05, 0) is 28.0 Å². The molecule has 0 aliphatic rings. The lowest BCUT2D eigenvalue weighted by Gasteiger charge is -2.28. The maximum Gasteiger partial charge on any atom is 0.0881 e. The minimum atomic E-state index is -0.561. The minimum Gasteiger partial charge on any atom is -0.388 e. The standard InChI is InChI=1S/C17H23NOS/c1-17(2,3)14-8-5-4-7-12(14)16(19)13(11-18)15-9-6-10-20-15/h4-10,13,16,19H,11,18H2,1-3H3. The first kappa shape index (κ1) is 15.2. The van der Waals surface area contributed by atoms with Gasteiger partial charge in [0.25, 0.3) is 0 Å². The summed E-state index contributed by atoms with van der Waals surface area (Å²) in [5, 5.41) is 12.9. The summed E-state index contributed by atoms with van der Waals surface area (Å²) in [5.41, 5.74) is 8.09. The van der Waals surface area contributed by atoms with Gasteiger partial charge in [0.05, 0.1) is 6.10 Å². The zero-order valence-corrected chi connectivity index (χ0v) is 13.2. The third-order valence-corrected chi connectivity index (χ3v) is 4.64. The largest absolute Gasteiger partial charge is 0.388 e. The third-order valence-electron chi connectivity index (χ3n) is 3.63. The Bertz CT molecular complexity index is 542. The van der Waals surface area contributed by atoms with Crippen molar-refractivity contribution < 1.29 is 5.11 Å². The van der Waals surface area contributed by atoms with Crippen molar-refractivity contribution in [3.05, 3.63) is 57.8 Å². The molecule has 0 bridgehead atoms. The molecule has 0 spiro atoms. The molecule has 2 unspecified atom stereocenters. The van der Waals surface area contributed by atoms with Crippen molar-refractivity contribution in [3.8, 4) is 0 Å². The van der Waals surface area contributed by atoms with Crippen LogP contribution in [0.2, 0.25) is 0 Å². The summed E-state index contributed by atoms with van der Waals surface area (Å²) in [7, 11) is 0. The smallest absolute Gasteiger partial charge is 0.0881 e. The van der Waals surface area contributed by atoms with E-state index in [0.29, 0.717) is 6.54 Å². The second kappa shape index (κ2) is 6.08. The second-order valence-corrected chi connectivity index (χ2v) is 7.12. The van der Waals surface area contributed by atoms with Gasteiger partial charge in [-0.3, -0.25) is 0 Å². The highest BCUT2D eigenvalue weighted by Gasteiger charge is 2.27. The molecular formula is C17H23NOS. The van der Waals surface area contributed by atoms with Crippen molar-refractivity contribution in [2.24, 2.45) is 5.73 Å². The van der Waals surface area contributed by atoms with Crippen molar-refractivity contribution in [1.29, 1.82) is 0 Å². The van der Waals surface area contributed by atoms with Crippen LogP contribution in [0.1, 0.15) is 48.8 Å². The summed E-state index contributed by atoms with van der Waals surface area (Å²) in [4.78, 5) is 1.14. The van der Waals surface area contributed by atoms with Gasteiger partial charge in [0.15, 0.2) is 0 Å². The number of aliphatic hydroxyl groups is 1. The first-order valence-corrected chi connectivity index (χ1v) is 7.84. The Balaban J connectivity index is 2.40. The van der Waals surface area contributed by atoms with Crippen molar-refractivity contribution in [2.45, 2.75) is 38.2 Å². The van der Waals surface area contributed by atoms with Crippen LogP contribution >= 0.6 is 11.3 Å². The number of aliphatic hydroxyl groups excluding tert-OH is 1. The van der Waals surface area contributed by atoms with E-state index in [1.165, 1.54) is 5.56 Å². The van der Waals surface area contributed by atoms with Gasteiger partial charge in [0, 0.05) is 17.3 Å². The number of hydrogen-bond donors (Lipinski definition) is 2. The maximum absolute atomic E-state index is 10.8. The quantitative estimate of drug-likeness (QED) is 0.898. The number of nitrogens with two attached hydrogens (primary N) is 1. The molecule has 0 saturated heterocycles. The first-order chi connectivity index (χ1) is 9.45. The highest BCUT2D eigenvalue weighted by Crippen LogP contribution is 2.37. The zero-order chi connectivity index (χ0) is 14.8. The maximum atomic E-state index is 10.8. The Kier molecular flexibility index (Phi) is 4.63. The van der Waals surface area contributed by atoms with Gasteiger partial charge in [-0.2, -0.15) is 0 Å². The van der Waals surface area contributed by atoms with Crippen LogP contribution in [-0.2, 0) is 5.41 Å². The van der Waals surface area contributed by atoms with E-state index < -0.39 is 6.10 Å². The molecule has 1 heterocycles. The fraction of sp³-hybridized carbons (Fsp3) is 0.412. The van der Waals surface area contributed by atoms with Crippen LogP contribution in [0.5, 0.6) is 0 Å². The molecule has 0 radical (unpaired) electrons. The summed E-state index contributed by atoms with van der Waals surface area (Å²) < 4.78 is 0. The van der Waals surface area contributed by atoms with E-state index >= 15 is 0 Å². The predicted molar refractivity (Wildman–Crippen MR) is 86.2 cm³/mol. The van der Waals surface area contributed by atoms with E-state index in [9.17, 15) is 5.11 Å². The second-order valence-electron chi connectivity index (χ2n) is 6.14. The normalized spacial score (nSPS) is 15.1. The van der Waals surface area contributed by atoms with Crippen LogP contribution in [-0.4, -0.2) is 11.7 Å². The zero-order valence-electron chi connectivity index (χ0n) is 12.3. The molecule has 0 amide bonds. The molecule has 1 aromatic heterocycles. The van der Waals surface area contributed by atoms with Gasteiger partial charge in [0.1, 0.15) is 0 Å². The van der Waals surface area contributed by atoms with Crippen molar-refractivity contribution in [1.82, 2.24) is 0 Å². The summed E-state index contributed by atoms with van der Waals surface area (Å²) in [6.07, 6.45) is -0.561. The predicted octanol–water partition coefficient (Wildman–Crippen LogP) is 3.82. The first-order valence-electron chi connectivity index (χ1n) is 6.96. The van der Waals surface area contributed by atoms with E-state index in [4.69, 9.17) is 5.73 Å². The van der Waals surface area contributed by atoms with Crippen LogP contribution in [0.3, 0.4) is 0 Å². The van der Waals surface area contributed by atoms with Crippen LogP contribution in [0.15, 0.2) is 41.8 Å². The average Bonchev–Trinajstić information content (AvgIpc) is 2.92. The number of benzene rings is 1. The Morgan fingerprint density at radius 2 is 1.85 bits per heavy atom. The van der Waals surface area contributed by atoms with Gasteiger partial charge < -0.3 is 10.8 Å². The topological polar surface area (TPSA) is 46.2 Å². The van der Waals surface area contributed by atoms with Crippen molar-refractivity contribution in [3.63, 3.8) is 0 Å². The molecule has 0 aliphatic carbocycles. The molecule has 3 heteroatoms. The molecule has 0 aliphatic heterocycles. The summed E-state index contributed by atoms with van der Waals surface area (Å²) in [6.45, 7) is 6.95. The monoisotopic (exact) mass is 289 g/mol. The van der Waals surface area contributed by atoms with Gasteiger partial charge in [-0.1, -0.05) is 51.1 Å². The molecule has 20 heavy (non-hydrogen) atoms. The highest BCUT2D eigenvalue weighted by atomic mass is 32.1. The van der Waals surface area contributed by atoms with Crippen LogP contribution in [0, 0.1) is 0 Å². The van der Waals surface area contributed by atoms with Crippen LogP contribution in [0.25, 0.3) is 0 Å². The van der Waals surface area contributed by atoms with E-state index in [0.717, 1.165) is 10.4 Å². The molecule has 2 nitrogen and oxygen atoms in total. The van der Waals surface area contributed by atoms with E-state index in [1.807, 2.05) is 35.7 Å². The minimum absolute atomic E-state index is 0.00612. The Morgan fingerprint density at radius 1 is 1.15 bits per heavy atom. The number of thiophene rings is 1. The molecular weight excluding hydrogens is 266 g/mol. The average molecular weight is 289 g/mol. The molecule has 2 rings (SSSR count). The van der Waals surface area contributed by atoms with Gasteiger partial charge in [-0.25, -0.2) is 0 Å². The number of hydrogen-bond acceptors (Lipinski definition) is 3. The Morgan fingerprint density at radius 3 is 2.40 bits per heavy atom. The van der Waals surface area contributed by atoms with E-state index in [-0.39, 0.29) is 11.3 Å². The molecule has 0 fully saturated rings. The number of rotatable bonds is 4. The lowest BCUT2D eigenvalue weighted by atomic mass is 9.80.